The molecule has 0 N–H and O–H groups in total. The van der Waals surface area contributed by atoms with Crippen LogP contribution >= 0.6 is 0 Å². The average Bonchev–Trinajstić information content (AvgIpc) is 3.13. The molecule has 9 heteroatoms. The third-order valence-electron chi connectivity index (χ3n) is 7.03. The van der Waals surface area contributed by atoms with Gasteiger partial charge in [-0.25, -0.2) is 4.98 Å². The van der Waals surface area contributed by atoms with Crippen LogP contribution in [0.25, 0.3) is 22.2 Å². The summed E-state index contributed by atoms with van der Waals surface area (Å²) >= 11 is 0. The molecule has 0 bridgehead atoms. The van der Waals surface area contributed by atoms with E-state index < -0.39 is 11.7 Å². The highest BCUT2D eigenvalue weighted by Gasteiger charge is 2.31. The Morgan fingerprint density at radius 3 is 2.38 bits per heavy atom. The van der Waals surface area contributed by atoms with Crippen molar-refractivity contribution in [2.45, 2.75) is 26.6 Å². The fraction of sp³-hybridized carbons (Fsp3) is 0.321. The summed E-state index contributed by atoms with van der Waals surface area (Å²) in [6.45, 7) is 6.48. The first-order valence-electron chi connectivity index (χ1n) is 12.2. The van der Waals surface area contributed by atoms with E-state index in [9.17, 15) is 18.0 Å². The number of hydrogen-bond acceptors (Lipinski definition) is 4. The molecule has 2 aromatic heterocycles. The highest BCUT2D eigenvalue weighted by atomic mass is 19.4. The first-order valence-corrected chi connectivity index (χ1v) is 12.2. The summed E-state index contributed by atoms with van der Waals surface area (Å²) in [5, 5.41) is 5.30. The van der Waals surface area contributed by atoms with Crippen LogP contribution in [0.5, 0.6) is 0 Å². The Labute approximate surface area is 213 Å². The molecule has 0 unspecified atom stereocenters. The van der Waals surface area contributed by atoms with Gasteiger partial charge in [-0.3, -0.25) is 14.4 Å². The number of aromatic nitrogens is 3. The fourth-order valence-corrected chi connectivity index (χ4v) is 5.01. The maximum atomic E-state index is 13.7. The minimum atomic E-state index is -4.36. The Kier molecular flexibility index (Phi) is 6.49. The molecule has 4 aromatic rings. The Morgan fingerprint density at radius 1 is 0.973 bits per heavy atom. The molecule has 0 atom stereocenters. The SMILES string of the molecule is Cc1nn(C)c(C)c1-c1cc(C(=O)N2CCN(Cc3cccc(C(F)(F)F)c3)CC2)c2ccccc2n1. The number of benzene rings is 2. The lowest BCUT2D eigenvalue weighted by molar-refractivity contribution is -0.137. The van der Waals surface area contributed by atoms with E-state index in [0.29, 0.717) is 49.5 Å². The first kappa shape index (κ1) is 25.0. The van der Waals surface area contributed by atoms with Crippen molar-refractivity contribution in [2.75, 3.05) is 26.2 Å². The second-order valence-electron chi connectivity index (χ2n) is 9.51. The number of para-hydroxylation sites is 1. The minimum absolute atomic E-state index is 0.0715. The van der Waals surface area contributed by atoms with Crippen LogP contribution in [0.3, 0.4) is 0 Å². The molecule has 37 heavy (non-hydrogen) atoms. The lowest BCUT2D eigenvalue weighted by Gasteiger charge is -2.35. The number of alkyl halides is 3. The molecule has 1 aliphatic heterocycles. The summed E-state index contributed by atoms with van der Waals surface area (Å²) < 4.78 is 41.0. The van der Waals surface area contributed by atoms with Crippen LogP contribution in [0.15, 0.2) is 54.6 Å². The van der Waals surface area contributed by atoms with Gasteiger partial charge in [0.1, 0.15) is 0 Å². The number of carbonyl (C=O) groups is 1. The zero-order valence-corrected chi connectivity index (χ0v) is 21.0. The van der Waals surface area contributed by atoms with Crippen molar-refractivity contribution in [3.05, 3.63) is 82.7 Å². The Hall–Kier alpha value is -3.72. The quantitative estimate of drug-likeness (QED) is 0.380. The Balaban J connectivity index is 1.37. The molecule has 1 aliphatic rings. The molecule has 2 aromatic carbocycles. The fourth-order valence-electron chi connectivity index (χ4n) is 5.01. The van der Waals surface area contributed by atoms with Crippen molar-refractivity contribution in [1.29, 1.82) is 0 Å². The lowest BCUT2D eigenvalue weighted by atomic mass is 10.0. The summed E-state index contributed by atoms with van der Waals surface area (Å²) in [5.41, 5.74) is 4.77. The van der Waals surface area contributed by atoms with Crippen molar-refractivity contribution < 1.29 is 18.0 Å². The normalized spacial score (nSPS) is 14.9. The molecule has 5 rings (SSSR count). The van der Waals surface area contributed by atoms with Gasteiger partial charge in [0, 0.05) is 56.4 Å². The first-order chi connectivity index (χ1) is 17.6. The number of halogens is 3. The van der Waals surface area contributed by atoms with Gasteiger partial charge < -0.3 is 4.90 Å². The van der Waals surface area contributed by atoms with Gasteiger partial charge >= 0.3 is 6.18 Å². The van der Waals surface area contributed by atoms with E-state index in [-0.39, 0.29) is 5.91 Å². The van der Waals surface area contributed by atoms with Gasteiger partial charge in [0.05, 0.1) is 28.0 Å². The van der Waals surface area contributed by atoms with E-state index in [1.807, 2.05) is 60.8 Å². The van der Waals surface area contributed by atoms with E-state index in [1.165, 1.54) is 12.1 Å². The van der Waals surface area contributed by atoms with Crippen LogP contribution in [0.1, 0.15) is 32.9 Å². The summed E-state index contributed by atoms with van der Waals surface area (Å²) in [5.74, 6) is -0.0715. The Morgan fingerprint density at radius 2 is 1.70 bits per heavy atom. The van der Waals surface area contributed by atoms with Crippen molar-refractivity contribution in [2.24, 2.45) is 7.05 Å². The van der Waals surface area contributed by atoms with Gasteiger partial charge in [0.15, 0.2) is 0 Å². The molecule has 6 nitrogen and oxygen atoms in total. The van der Waals surface area contributed by atoms with E-state index in [2.05, 4.69) is 10.00 Å². The third-order valence-corrected chi connectivity index (χ3v) is 7.03. The molecule has 0 aliphatic carbocycles. The average molecular weight is 508 g/mol. The molecular weight excluding hydrogens is 479 g/mol. The molecule has 192 valence electrons. The topological polar surface area (TPSA) is 54.3 Å². The van der Waals surface area contributed by atoms with E-state index in [1.54, 1.807) is 6.07 Å². The molecule has 1 fully saturated rings. The van der Waals surface area contributed by atoms with Crippen molar-refractivity contribution in [1.82, 2.24) is 24.6 Å². The van der Waals surface area contributed by atoms with Crippen LogP contribution < -0.4 is 0 Å². The van der Waals surface area contributed by atoms with E-state index >= 15 is 0 Å². The van der Waals surface area contributed by atoms with Crippen LogP contribution in [0.2, 0.25) is 0 Å². The van der Waals surface area contributed by atoms with E-state index in [0.717, 1.165) is 33.9 Å². The molecule has 1 amide bonds. The largest absolute Gasteiger partial charge is 0.416 e. The molecular formula is C28H28F3N5O. The van der Waals surface area contributed by atoms with Gasteiger partial charge in [-0.05, 0) is 37.6 Å². The van der Waals surface area contributed by atoms with Gasteiger partial charge in [-0.1, -0.05) is 36.4 Å². The van der Waals surface area contributed by atoms with Gasteiger partial charge in [0.2, 0.25) is 0 Å². The number of aryl methyl sites for hydroxylation is 2. The standard InChI is InChI=1S/C28H28F3N5O/c1-18-26(19(2)34(3)33-18)25-16-23(22-9-4-5-10-24(22)32-25)27(37)36-13-11-35(12-14-36)17-20-7-6-8-21(15-20)28(29,30)31/h4-10,15-16H,11-14,17H2,1-3H3. The Bertz CT molecular complexity index is 1470. The van der Waals surface area contributed by atoms with Gasteiger partial charge in [-0.15, -0.1) is 0 Å². The number of hydrogen-bond donors (Lipinski definition) is 0. The highest BCUT2D eigenvalue weighted by Crippen LogP contribution is 2.31. The smallest absolute Gasteiger partial charge is 0.336 e. The van der Waals surface area contributed by atoms with Crippen LogP contribution in [-0.4, -0.2) is 56.7 Å². The summed E-state index contributed by atoms with van der Waals surface area (Å²) in [6, 6.07) is 14.9. The number of nitrogens with zero attached hydrogens (tertiary/aromatic N) is 5. The summed E-state index contributed by atoms with van der Waals surface area (Å²) in [7, 11) is 1.89. The van der Waals surface area contributed by atoms with E-state index in [4.69, 9.17) is 4.98 Å². The third kappa shape index (κ3) is 4.96. The highest BCUT2D eigenvalue weighted by molar-refractivity contribution is 6.07. The number of rotatable bonds is 4. The number of amides is 1. The molecule has 0 radical (unpaired) electrons. The number of pyridine rings is 1. The summed E-state index contributed by atoms with van der Waals surface area (Å²) in [4.78, 5) is 22.5. The van der Waals surface area contributed by atoms with Crippen molar-refractivity contribution >= 4 is 16.8 Å². The maximum absolute atomic E-state index is 13.7. The molecule has 0 saturated carbocycles. The molecule has 3 heterocycles. The zero-order chi connectivity index (χ0) is 26.3. The number of carbonyl (C=O) groups excluding carboxylic acids is 1. The zero-order valence-electron chi connectivity index (χ0n) is 21.0. The number of piperazine rings is 1. The number of fused-ring (bicyclic) bond motifs is 1. The second kappa shape index (κ2) is 9.63. The maximum Gasteiger partial charge on any atom is 0.416 e. The van der Waals surface area contributed by atoms with Crippen molar-refractivity contribution in [3.63, 3.8) is 0 Å². The second-order valence-corrected chi connectivity index (χ2v) is 9.51. The molecule has 0 spiro atoms. The predicted octanol–water partition coefficient (Wildman–Crippen LogP) is 5.23. The minimum Gasteiger partial charge on any atom is -0.336 e. The van der Waals surface area contributed by atoms with Crippen LogP contribution in [-0.2, 0) is 19.8 Å². The lowest BCUT2D eigenvalue weighted by Crippen LogP contribution is -2.48. The van der Waals surface area contributed by atoms with Gasteiger partial charge in [-0.2, -0.15) is 18.3 Å². The van der Waals surface area contributed by atoms with Crippen molar-refractivity contribution in [3.8, 4) is 11.3 Å². The van der Waals surface area contributed by atoms with Crippen LogP contribution in [0.4, 0.5) is 13.2 Å². The van der Waals surface area contributed by atoms with Gasteiger partial charge in [0.25, 0.3) is 5.91 Å². The van der Waals surface area contributed by atoms with Crippen LogP contribution in [0, 0.1) is 13.8 Å². The molecule has 1 saturated heterocycles. The monoisotopic (exact) mass is 507 g/mol. The predicted molar refractivity (Wildman–Crippen MR) is 136 cm³/mol. The summed E-state index contributed by atoms with van der Waals surface area (Å²) in [6.07, 6.45) is -4.36.